The fraction of sp³-hybridized carbons (Fsp3) is 0.686. The number of aliphatic hydroxyl groups excluding tert-OH is 24. The Morgan fingerprint density at radius 1 is 0.281 bits per heavy atom. The quantitative estimate of drug-likeness (QED) is 0.0413. The SMILES string of the molecule is CCCCCC[C@H]1C(=O)O[C@H](C)C/C=C/C=C/C=C/C=C/C=C(\C)[C@@H](O)C[C@H](O)C[C@H](O)C[C@H](O)C[C@H](O)C[C@H](O)C[C@@H]1O.CCCCCC[C@H]1C(=O)O[C@H](C)[C@@H](O)/C=C/C=C/C=C/C=C/C=C(\C)[C@@H](O)C[C@H](O)C[C@H](O)C[C@H](O)C[C@H](O)C[C@H](O)C[C@@H]1O.CCCCC[C@@H](O)[C@H]1C(=O)O[C@H](C)[C@@H](O)/C=C/C=C/C=C/C=C/C=C(\C)[C@@H](O)C[C@H](O)C[C@H](O)C[C@H](O)C[C@H](O)C[C@H](O)C[C@@H]1O. The van der Waals surface area contributed by atoms with E-state index in [2.05, 4.69) is 13.8 Å². The number of cyclic esters (lactones) is 3. The van der Waals surface area contributed by atoms with Gasteiger partial charge in [0, 0.05) is 44.9 Å². The summed E-state index contributed by atoms with van der Waals surface area (Å²) in [5.74, 6) is -5.25. The third-order valence-electron chi connectivity index (χ3n) is 23.8. The molecular formula is C105H174O30. The Balaban J connectivity index is 0.00000101. The molecule has 135 heavy (non-hydrogen) atoms. The van der Waals surface area contributed by atoms with Gasteiger partial charge in [0.1, 0.15) is 36.4 Å². The topological polar surface area (TPSA) is 564 Å². The maximum atomic E-state index is 13.1. The van der Waals surface area contributed by atoms with Crippen molar-refractivity contribution in [2.24, 2.45) is 17.8 Å². The van der Waals surface area contributed by atoms with E-state index in [4.69, 9.17) is 14.2 Å². The van der Waals surface area contributed by atoms with Crippen LogP contribution >= 0.6 is 0 Å². The normalized spacial score (nSPS) is 38.2. The van der Waals surface area contributed by atoms with Crippen molar-refractivity contribution in [3.05, 3.63) is 181 Å². The standard InChI is InChI=1S/C35H58O11.C35H58O10.C35H58O9/c1-4-5-11-16-31(42)34-33(44)22-29(40)20-27(38)18-25(36)17-26(37)19-28(39)21-32(43)23(2)14-12-9-7-6-8-10-13-15-30(41)24(3)46-35(34)45;1-4-5-6-13-16-31-34(43)23-30(40)21-28(38)19-26(36)18-27(37)20-29(39)22-33(42)24(2)15-12-10-8-7-9-11-14-17-32(41)25(3)45-35(31)44;1-4-5-6-15-18-32-34(42)24-31(40)22-29(38)20-27(36)19-28(37)21-30(39)23-33(41)25(2)16-13-11-9-7-8-10-12-14-17-26(3)44-35(32)43/h6-10,12-15,24-34,36-44H,4-5,11,16-22H2,1-3H3;7-12,14-15,17,25-34,36-43H,4-6,13,16,18-23H2,1-3H3;7-14,16,26-34,36-42H,4-6,15,17-24H2,1-3H3/b7-6+,10-8+,12-9+,15-13+,23-14+;8-7+,11-9+,12-10+,17-14+,24-15+;9-7+,10-8+,13-11+,14-12+,25-16+/t24-,25+,26-,27+,28-,29+,30+,31-,32+,33+,34-;25-,26+,27-,28+,29-,30+,31-,32+,33+,34+;26-,27+,28-,29+,30-,31+,32-,33+,34+/m111/s1. The predicted octanol–water partition coefficient (Wildman–Crippen LogP) is 8.75. The van der Waals surface area contributed by atoms with Gasteiger partial charge in [0.2, 0.25) is 0 Å². The number of aliphatic hydroxyl groups is 24. The smallest absolute Gasteiger partial charge is 0.314 e. The molecule has 0 aromatic heterocycles. The van der Waals surface area contributed by atoms with Gasteiger partial charge in [-0.15, -0.1) is 0 Å². The summed E-state index contributed by atoms with van der Waals surface area (Å²) in [7, 11) is 0. The molecular weight excluding hydrogens is 1740 g/mol. The van der Waals surface area contributed by atoms with E-state index in [-0.39, 0.29) is 122 Å². The van der Waals surface area contributed by atoms with Gasteiger partial charge in [0.25, 0.3) is 0 Å². The summed E-state index contributed by atoms with van der Waals surface area (Å²) in [5.41, 5.74) is 1.88. The molecule has 30 heteroatoms. The van der Waals surface area contributed by atoms with Gasteiger partial charge in [-0.1, -0.05) is 255 Å². The molecule has 30 nitrogen and oxygen atoms in total. The molecule has 0 aliphatic carbocycles. The van der Waals surface area contributed by atoms with Gasteiger partial charge in [-0.2, -0.15) is 0 Å². The second-order valence-corrected chi connectivity index (χ2v) is 36.9. The van der Waals surface area contributed by atoms with Gasteiger partial charge in [-0.25, -0.2) is 0 Å². The first-order valence-electron chi connectivity index (χ1n) is 49.0. The minimum atomic E-state index is -1.52. The number of unbranched alkanes of at least 4 members (excludes halogenated alkanes) is 8. The van der Waals surface area contributed by atoms with Crippen LogP contribution in [0.1, 0.15) is 274 Å². The zero-order valence-corrected chi connectivity index (χ0v) is 81.4. The molecule has 0 amide bonds. The zero-order chi connectivity index (χ0) is 101. The van der Waals surface area contributed by atoms with Crippen LogP contribution in [-0.4, -0.2) is 305 Å². The largest absolute Gasteiger partial charge is 0.462 e. The minimum absolute atomic E-state index is 0.00297. The second kappa shape index (κ2) is 75.4. The van der Waals surface area contributed by atoms with Crippen LogP contribution in [0.25, 0.3) is 0 Å². The molecule has 0 radical (unpaired) electrons. The van der Waals surface area contributed by atoms with Crippen molar-refractivity contribution in [2.75, 3.05) is 0 Å². The summed E-state index contributed by atoms with van der Waals surface area (Å²) in [6.07, 6.45) is 26.2. The van der Waals surface area contributed by atoms with E-state index in [0.29, 0.717) is 48.8 Å². The van der Waals surface area contributed by atoms with Crippen molar-refractivity contribution in [3.8, 4) is 0 Å². The fourth-order valence-electron chi connectivity index (χ4n) is 15.7. The molecule has 0 unspecified atom stereocenters. The van der Waals surface area contributed by atoms with Crippen molar-refractivity contribution < 1.29 is 151 Å². The summed E-state index contributed by atoms with van der Waals surface area (Å²) in [4.78, 5) is 39.3. The third-order valence-corrected chi connectivity index (χ3v) is 23.8. The van der Waals surface area contributed by atoms with Crippen LogP contribution in [-0.2, 0) is 28.6 Å². The molecule has 3 rings (SSSR count). The molecule has 774 valence electrons. The number of allylic oxidation sites excluding steroid dienone is 24. The van der Waals surface area contributed by atoms with Gasteiger partial charge < -0.3 is 137 Å². The lowest BCUT2D eigenvalue weighted by Crippen LogP contribution is -2.43. The van der Waals surface area contributed by atoms with Gasteiger partial charge in [-0.05, 0) is 155 Å². The lowest BCUT2D eigenvalue weighted by molar-refractivity contribution is -0.168. The Morgan fingerprint density at radius 3 is 0.830 bits per heavy atom. The fourth-order valence-corrected chi connectivity index (χ4v) is 15.7. The van der Waals surface area contributed by atoms with Crippen LogP contribution in [0.5, 0.6) is 0 Å². The lowest BCUT2D eigenvalue weighted by atomic mass is 9.87. The number of ether oxygens (including phenoxy) is 3. The number of rotatable bonds is 15. The minimum Gasteiger partial charge on any atom is -0.462 e. The van der Waals surface area contributed by atoms with E-state index in [1.54, 1.807) is 144 Å². The molecule has 0 bridgehead atoms. The Morgan fingerprint density at radius 2 is 0.526 bits per heavy atom. The van der Waals surface area contributed by atoms with Gasteiger partial charge in [0.05, 0.1) is 146 Å². The van der Waals surface area contributed by atoms with Crippen LogP contribution in [0.15, 0.2) is 181 Å². The average molecular weight is 1920 g/mol. The van der Waals surface area contributed by atoms with E-state index in [1.165, 1.54) is 19.1 Å². The van der Waals surface area contributed by atoms with Crippen molar-refractivity contribution >= 4 is 17.9 Å². The maximum absolute atomic E-state index is 13.1. The summed E-state index contributed by atoms with van der Waals surface area (Å²) in [5, 5.41) is 252. The Hall–Kier alpha value is -6.45. The third kappa shape index (κ3) is 62.4. The van der Waals surface area contributed by atoms with Crippen molar-refractivity contribution in [1.29, 1.82) is 0 Å². The average Bonchev–Trinajstić information content (AvgIpc) is 0.850. The number of carbonyl (C=O) groups excluding carboxylic acids is 3. The van der Waals surface area contributed by atoms with Gasteiger partial charge in [0.15, 0.2) is 0 Å². The Kier molecular flexibility index (Phi) is 70.7. The zero-order valence-electron chi connectivity index (χ0n) is 81.4. The summed E-state index contributed by atoms with van der Waals surface area (Å²) >= 11 is 0. The summed E-state index contributed by atoms with van der Waals surface area (Å²) in [6, 6.07) is 0. The molecule has 24 N–H and O–H groups in total. The monoisotopic (exact) mass is 1920 g/mol. The molecule has 30 atom stereocenters. The Bertz CT molecular complexity index is 3600. The molecule has 0 aromatic rings. The maximum Gasteiger partial charge on any atom is 0.314 e. The molecule has 0 saturated carbocycles. The predicted molar refractivity (Wildman–Crippen MR) is 522 cm³/mol. The molecule has 0 saturated heterocycles. The molecule has 0 spiro atoms. The number of hydrogen-bond acceptors (Lipinski definition) is 30. The Labute approximate surface area is 802 Å². The lowest BCUT2D eigenvalue weighted by Gasteiger charge is -2.29. The summed E-state index contributed by atoms with van der Waals surface area (Å²) < 4.78 is 16.6. The first-order chi connectivity index (χ1) is 64.0. The van der Waals surface area contributed by atoms with Crippen LogP contribution in [0.4, 0.5) is 0 Å². The highest BCUT2D eigenvalue weighted by atomic mass is 16.6. The molecule has 3 aliphatic heterocycles. The molecule has 0 aromatic carbocycles. The highest BCUT2D eigenvalue weighted by Crippen LogP contribution is 2.30. The van der Waals surface area contributed by atoms with Crippen molar-refractivity contribution in [1.82, 2.24) is 0 Å². The van der Waals surface area contributed by atoms with E-state index in [9.17, 15) is 137 Å². The highest BCUT2D eigenvalue weighted by Gasteiger charge is 2.39. The number of hydrogen-bond donors (Lipinski definition) is 24. The van der Waals surface area contributed by atoms with Crippen LogP contribution in [0.2, 0.25) is 0 Å². The van der Waals surface area contributed by atoms with Crippen LogP contribution in [0, 0.1) is 17.8 Å². The molecule has 3 aliphatic rings. The van der Waals surface area contributed by atoms with Crippen molar-refractivity contribution in [2.45, 2.75) is 439 Å². The van der Waals surface area contributed by atoms with E-state index < -0.39 is 200 Å². The number of carbonyl (C=O) groups is 3. The van der Waals surface area contributed by atoms with E-state index in [1.807, 2.05) is 49.5 Å². The highest BCUT2D eigenvalue weighted by molar-refractivity contribution is 5.74. The first-order valence-corrected chi connectivity index (χ1v) is 49.0. The summed E-state index contributed by atoms with van der Waals surface area (Å²) in [6.45, 7) is 16.1. The van der Waals surface area contributed by atoms with Crippen LogP contribution in [0.3, 0.4) is 0 Å². The van der Waals surface area contributed by atoms with Gasteiger partial charge >= 0.3 is 17.9 Å². The number of esters is 3. The van der Waals surface area contributed by atoms with E-state index in [0.717, 1.165) is 57.8 Å². The van der Waals surface area contributed by atoms with Crippen molar-refractivity contribution in [3.63, 3.8) is 0 Å². The molecule has 3 heterocycles. The van der Waals surface area contributed by atoms with Crippen LogP contribution < -0.4 is 0 Å². The van der Waals surface area contributed by atoms with Gasteiger partial charge in [-0.3, -0.25) is 14.4 Å². The van der Waals surface area contributed by atoms with E-state index >= 15 is 0 Å². The molecule has 0 fully saturated rings. The first kappa shape index (κ1) is 127. The second-order valence-electron chi connectivity index (χ2n) is 36.9.